The fraction of sp³-hybridized carbons (Fsp3) is 0.273. The van der Waals surface area contributed by atoms with Crippen LogP contribution in [0.5, 0.6) is 11.5 Å². The molecule has 1 N–H and O–H groups in total. The molecule has 282 valence electrons. The van der Waals surface area contributed by atoms with Crippen molar-refractivity contribution in [1.82, 2.24) is 0 Å². The lowest BCUT2D eigenvalue weighted by molar-refractivity contribution is -0.384. The number of nitro groups is 1. The second-order valence-corrected chi connectivity index (χ2v) is 14.0. The van der Waals surface area contributed by atoms with Crippen LogP contribution >= 0.6 is 23.2 Å². The number of rotatable bonds is 5. The topological polar surface area (TPSA) is 147 Å². The van der Waals surface area contributed by atoms with Crippen LogP contribution in [-0.4, -0.2) is 49.8 Å². The number of anilines is 2. The zero-order valence-corrected chi connectivity index (χ0v) is 27.8. The zero-order chi connectivity index (χ0) is 39.6. The van der Waals surface area contributed by atoms with Crippen LogP contribution in [0.4, 0.5) is 52.2 Å². The van der Waals surface area contributed by atoms with Gasteiger partial charge in [-0.2, -0.15) is 0 Å². The zero-order valence-electron chi connectivity index (χ0n) is 26.3. The van der Waals surface area contributed by atoms with E-state index in [4.69, 9.17) is 23.2 Å². The number of allylic oxidation sites excluding steroid dienone is 2. The minimum absolute atomic E-state index is 0.190. The first-order valence-electron chi connectivity index (χ1n) is 15.3. The maximum Gasteiger partial charge on any atom is 0.573 e. The maximum atomic E-state index is 15.2. The van der Waals surface area contributed by atoms with Gasteiger partial charge in [0, 0.05) is 23.6 Å². The Balaban J connectivity index is 1.44. The normalized spacial score (nSPS) is 27.9. The third-order valence-electron chi connectivity index (χ3n) is 10.1. The number of aromatic hydroxyl groups is 1. The van der Waals surface area contributed by atoms with E-state index in [0.717, 1.165) is 12.1 Å². The molecule has 0 radical (unpaired) electrons. The molecule has 3 fully saturated rings. The van der Waals surface area contributed by atoms with Crippen LogP contribution in [0.25, 0.3) is 0 Å². The van der Waals surface area contributed by atoms with Crippen molar-refractivity contribution in [3.63, 3.8) is 0 Å². The Hall–Kier alpha value is -5.30. The molecule has 2 aliphatic heterocycles. The van der Waals surface area contributed by atoms with Gasteiger partial charge in [-0.15, -0.1) is 36.4 Å². The van der Waals surface area contributed by atoms with E-state index >= 15 is 8.78 Å². The molecular weight excluding hydrogens is 789 g/mol. The number of ether oxygens (including phenoxy) is 1. The van der Waals surface area contributed by atoms with Gasteiger partial charge in [-0.3, -0.25) is 29.3 Å². The van der Waals surface area contributed by atoms with Crippen molar-refractivity contribution in [3.05, 3.63) is 98.9 Å². The van der Waals surface area contributed by atoms with Crippen LogP contribution in [-0.2, 0) is 19.2 Å². The van der Waals surface area contributed by atoms with Gasteiger partial charge >= 0.3 is 6.36 Å². The summed E-state index contributed by atoms with van der Waals surface area (Å²) >= 11 is 13.9. The number of phenols is 1. The number of benzene rings is 3. The van der Waals surface area contributed by atoms with E-state index in [0.29, 0.717) is 23.1 Å². The van der Waals surface area contributed by atoms with E-state index in [-0.39, 0.29) is 17.7 Å². The largest absolute Gasteiger partial charge is 0.573 e. The molecule has 2 aliphatic carbocycles. The Kier molecular flexibility index (Phi) is 8.30. The predicted molar refractivity (Wildman–Crippen MR) is 167 cm³/mol. The lowest BCUT2D eigenvalue weighted by atomic mass is 9.56. The average molecular weight is 806 g/mol. The van der Waals surface area contributed by atoms with Gasteiger partial charge < -0.3 is 9.84 Å². The summed E-state index contributed by atoms with van der Waals surface area (Å²) < 4.78 is 117. The van der Waals surface area contributed by atoms with Crippen molar-refractivity contribution in [3.8, 4) is 11.5 Å². The van der Waals surface area contributed by atoms with Gasteiger partial charge in [0.25, 0.3) is 17.5 Å². The Bertz CT molecular complexity index is 2260. The summed E-state index contributed by atoms with van der Waals surface area (Å²) in [6.07, 6.45) is -5.42. The third kappa shape index (κ3) is 5.00. The van der Waals surface area contributed by atoms with Crippen LogP contribution in [0, 0.1) is 57.0 Å². The monoisotopic (exact) mass is 805 g/mol. The van der Waals surface area contributed by atoms with E-state index in [9.17, 15) is 60.7 Å². The second kappa shape index (κ2) is 12.1. The summed E-state index contributed by atoms with van der Waals surface area (Å²) in [7, 11) is 0. The lowest BCUT2D eigenvalue weighted by Gasteiger charge is -2.50. The molecule has 2 saturated heterocycles. The summed E-state index contributed by atoms with van der Waals surface area (Å²) in [5.41, 5.74) is -3.75. The van der Waals surface area contributed by atoms with Gasteiger partial charge in [-0.25, -0.2) is 31.8 Å². The van der Waals surface area contributed by atoms with Crippen molar-refractivity contribution >= 4 is 63.9 Å². The van der Waals surface area contributed by atoms with Gasteiger partial charge in [-0.05, 0) is 43.0 Å². The summed E-state index contributed by atoms with van der Waals surface area (Å²) in [4.78, 5) is 61.1. The third-order valence-corrected chi connectivity index (χ3v) is 11.5. The quantitative estimate of drug-likeness (QED) is 0.0440. The number of alkyl halides is 5. The molecule has 6 atom stereocenters. The van der Waals surface area contributed by atoms with Gasteiger partial charge in [-0.1, -0.05) is 17.7 Å². The molecule has 11 nitrogen and oxygen atoms in total. The summed E-state index contributed by atoms with van der Waals surface area (Å²) in [6, 6.07) is 6.23. The summed E-state index contributed by atoms with van der Waals surface area (Å²) in [6.45, 7) is 0. The minimum atomic E-state index is -5.33. The van der Waals surface area contributed by atoms with Gasteiger partial charge in [0.2, 0.25) is 17.6 Å². The number of imide groups is 2. The Labute approximate surface area is 305 Å². The molecule has 3 aromatic carbocycles. The molecule has 3 aromatic rings. The van der Waals surface area contributed by atoms with E-state index in [1.54, 1.807) is 0 Å². The van der Waals surface area contributed by atoms with E-state index in [1.165, 1.54) is 18.2 Å². The molecule has 2 heterocycles. The molecule has 0 aromatic heterocycles. The van der Waals surface area contributed by atoms with Gasteiger partial charge in [0.15, 0.2) is 33.0 Å². The summed E-state index contributed by atoms with van der Waals surface area (Å²) in [5, 5.41) is 22.5. The van der Waals surface area contributed by atoms with Crippen molar-refractivity contribution < 1.29 is 69.1 Å². The highest BCUT2D eigenvalue weighted by atomic mass is 35.5. The number of carbonyl (C=O) groups excluding carboxylic acids is 4. The van der Waals surface area contributed by atoms with Gasteiger partial charge in [0.05, 0.1) is 22.4 Å². The average Bonchev–Trinajstić information content (AvgIpc) is 3.45. The number of amides is 4. The van der Waals surface area contributed by atoms with E-state index in [1.807, 2.05) is 0 Å². The number of hydrogen-bond acceptors (Lipinski definition) is 8. The first-order chi connectivity index (χ1) is 25.2. The number of hydrogen-bond donors (Lipinski definition) is 1. The van der Waals surface area contributed by atoms with Crippen molar-refractivity contribution in [2.45, 2.75) is 34.9 Å². The van der Waals surface area contributed by atoms with Crippen molar-refractivity contribution in [1.29, 1.82) is 0 Å². The lowest BCUT2D eigenvalue weighted by Crippen LogP contribution is -2.60. The number of carbonyl (C=O) groups is 4. The number of non-ortho nitro benzene ring substituents is 1. The molecule has 0 spiro atoms. The standard InChI is InChI=1S/C33H17Cl2F8N3O8/c34-31-10-17-14(5-6-15-19(17)28(49)44(27(15)48)11-2-1-3-12(8-11)46(52)53)20(16-9-13(4-7-18(16)47)54-33(41,42)43)32(31,35)30(51)45(29(31)50)26-24(39)22(37)21(36)23(38)25(26)40/h1-5,7-9,15,17,19-20,47H,6,10H2/t15-,17+,19-,20+,31+,32-/m0/s1. The number of fused-ring (bicyclic) bond motifs is 4. The molecule has 0 unspecified atom stereocenters. The SMILES string of the molecule is O=C1[C@H]2[C@H](CC=C3[C@H]2C[C@@]2(Cl)C(=O)N(c4c(F)c(F)c(F)c(F)c4F)C(=O)[C@@]2(Cl)[C@H]3c2cc(OC(F)(F)F)ccc2O)C(=O)N1c1cccc([N+](=O)[O-])c1. The molecule has 7 rings (SSSR count). The molecule has 4 amide bonds. The predicted octanol–water partition coefficient (Wildman–Crippen LogP) is 6.66. The van der Waals surface area contributed by atoms with Crippen molar-refractivity contribution in [2.75, 3.05) is 9.80 Å². The number of nitrogens with zero attached hydrogens (tertiary/aromatic N) is 3. The molecule has 1 saturated carbocycles. The number of phenolic OH excluding ortho intramolecular Hbond substituents is 1. The van der Waals surface area contributed by atoms with Crippen LogP contribution in [0.1, 0.15) is 24.3 Å². The number of nitro benzene ring substituents is 1. The second-order valence-electron chi connectivity index (χ2n) is 12.8. The molecule has 4 aliphatic rings. The van der Waals surface area contributed by atoms with E-state index in [2.05, 4.69) is 4.74 Å². The van der Waals surface area contributed by atoms with Gasteiger partial charge in [0.1, 0.15) is 17.2 Å². The smallest absolute Gasteiger partial charge is 0.508 e. The molecule has 21 heteroatoms. The Morgan fingerprint density at radius 3 is 2.09 bits per heavy atom. The van der Waals surface area contributed by atoms with Crippen molar-refractivity contribution in [2.24, 2.45) is 17.8 Å². The maximum absolute atomic E-state index is 15.2. The molecule has 0 bridgehead atoms. The van der Waals surface area contributed by atoms with E-state index < -0.39 is 137 Å². The highest BCUT2D eigenvalue weighted by Gasteiger charge is 2.77. The van der Waals surface area contributed by atoms with Crippen LogP contribution in [0.15, 0.2) is 54.1 Å². The Morgan fingerprint density at radius 1 is 0.852 bits per heavy atom. The Morgan fingerprint density at radius 2 is 1.48 bits per heavy atom. The number of halogens is 10. The molecular formula is C33H17Cl2F8N3O8. The van der Waals surface area contributed by atoms with Crippen LogP contribution < -0.4 is 14.5 Å². The first kappa shape index (κ1) is 37.0. The molecule has 54 heavy (non-hydrogen) atoms. The summed E-state index contributed by atoms with van der Waals surface area (Å²) in [5.74, 6) is -27.2. The fourth-order valence-corrected chi connectivity index (χ4v) is 8.80. The highest BCUT2D eigenvalue weighted by Crippen LogP contribution is 2.67. The fourth-order valence-electron chi connectivity index (χ4n) is 7.87. The minimum Gasteiger partial charge on any atom is -0.508 e. The first-order valence-corrected chi connectivity index (χ1v) is 16.1. The van der Waals surface area contributed by atoms with Crippen LogP contribution in [0.2, 0.25) is 0 Å². The highest BCUT2D eigenvalue weighted by molar-refractivity contribution is 6.58. The van der Waals surface area contributed by atoms with Crippen LogP contribution in [0.3, 0.4) is 0 Å².